The highest BCUT2D eigenvalue weighted by atomic mass is 16.5. The summed E-state index contributed by atoms with van der Waals surface area (Å²) in [5, 5.41) is 2.86. The molecule has 23 heavy (non-hydrogen) atoms. The maximum Gasteiger partial charge on any atom is 0.224 e. The van der Waals surface area contributed by atoms with Crippen LogP contribution in [0.4, 0.5) is 0 Å². The number of carbonyl (C=O) groups is 1. The molecule has 0 aliphatic rings. The van der Waals surface area contributed by atoms with Gasteiger partial charge in [-0.3, -0.25) is 4.79 Å². The van der Waals surface area contributed by atoms with Crippen LogP contribution in [0.5, 0.6) is 17.2 Å². The van der Waals surface area contributed by atoms with Crippen molar-refractivity contribution in [2.75, 3.05) is 13.7 Å². The first-order valence-electron chi connectivity index (χ1n) is 7.51. The second kappa shape index (κ2) is 8.19. The van der Waals surface area contributed by atoms with Crippen molar-refractivity contribution in [3.8, 4) is 17.2 Å². The molecule has 0 radical (unpaired) electrons. The van der Waals surface area contributed by atoms with Crippen LogP contribution >= 0.6 is 0 Å². The first-order valence-corrected chi connectivity index (χ1v) is 7.51. The van der Waals surface area contributed by atoms with Gasteiger partial charge in [-0.25, -0.2) is 0 Å². The van der Waals surface area contributed by atoms with Crippen LogP contribution in [0.25, 0.3) is 0 Å². The van der Waals surface area contributed by atoms with Crippen LogP contribution in [0.15, 0.2) is 48.5 Å². The fraction of sp³-hybridized carbons (Fsp3) is 0.278. The Kier molecular flexibility index (Phi) is 6.00. The molecule has 5 nitrogen and oxygen atoms in total. The highest BCUT2D eigenvalue weighted by molar-refractivity contribution is 5.78. The van der Waals surface area contributed by atoms with Gasteiger partial charge in [0.25, 0.3) is 0 Å². The third-order valence-electron chi connectivity index (χ3n) is 3.49. The van der Waals surface area contributed by atoms with Crippen LogP contribution in [0.1, 0.15) is 12.5 Å². The summed E-state index contributed by atoms with van der Waals surface area (Å²) in [6, 6.07) is 15.0. The molecule has 0 spiro atoms. The van der Waals surface area contributed by atoms with Crippen molar-refractivity contribution in [3.63, 3.8) is 0 Å². The zero-order chi connectivity index (χ0) is 16.7. The summed E-state index contributed by atoms with van der Waals surface area (Å²) < 4.78 is 11.1. The van der Waals surface area contributed by atoms with Crippen molar-refractivity contribution in [2.24, 2.45) is 11.7 Å². The topological polar surface area (TPSA) is 73.6 Å². The third kappa shape index (κ3) is 4.72. The van der Waals surface area contributed by atoms with E-state index in [1.54, 1.807) is 14.0 Å². The fourth-order valence-electron chi connectivity index (χ4n) is 1.98. The number of amides is 1. The van der Waals surface area contributed by atoms with E-state index in [4.69, 9.17) is 15.2 Å². The normalized spacial score (nSPS) is 11.6. The fourth-order valence-corrected chi connectivity index (χ4v) is 1.98. The lowest BCUT2D eigenvalue weighted by atomic mass is 10.1. The summed E-state index contributed by atoms with van der Waals surface area (Å²) in [5.41, 5.74) is 6.47. The molecule has 0 fully saturated rings. The number of rotatable bonds is 7. The maximum atomic E-state index is 11.7. The van der Waals surface area contributed by atoms with Crippen molar-refractivity contribution < 1.29 is 14.3 Å². The van der Waals surface area contributed by atoms with Crippen LogP contribution in [0.3, 0.4) is 0 Å². The number of hydrogen-bond acceptors (Lipinski definition) is 4. The predicted octanol–water partition coefficient (Wildman–Crippen LogP) is 2.70. The average Bonchev–Trinajstić information content (AvgIpc) is 2.60. The summed E-state index contributed by atoms with van der Waals surface area (Å²) in [5.74, 6) is 1.83. The van der Waals surface area contributed by atoms with Gasteiger partial charge in [-0.05, 0) is 29.8 Å². The lowest BCUT2D eigenvalue weighted by molar-refractivity contribution is -0.124. The molecule has 122 valence electrons. The van der Waals surface area contributed by atoms with Crippen LogP contribution in [0.2, 0.25) is 0 Å². The Labute approximate surface area is 136 Å². The molecule has 0 aliphatic carbocycles. The van der Waals surface area contributed by atoms with Crippen molar-refractivity contribution >= 4 is 5.91 Å². The van der Waals surface area contributed by atoms with E-state index in [0.717, 1.165) is 5.56 Å². The highest BCUT2D eigenvalue weighted by Crippen LogP contribution is 2.30. The molecule has 0 aliphatic heterocycles. The Balaban J connectivity index is 1.96. The van der Waals surface area contributed by atoms with Gasteiger partial charge in [-0.2, -0.15) is 0 Å². The minimum atomic E-state index is -0.178. The second-order valence-electron chi connectivity index (χ2n) is 5.25. The van der Waals surface area contributed by atoms with E-state index in [9.17, 15) is 4.79 Å². The molecule has 0 heterocycles. The van der Waals surface area contributed by atoms with Crippen LogP contribution in [-0.2, 0) is 11.3 Å². The summed E-state index contributed by atoms with van der Waals surface area (Å²) >= 11 is 0. The van der Waals surface area contributed by atoms with Gasteiger partial charge in [0.2, 0.25) is 5.91 Å². The van der Waals surface area contributed by atoms with Gasteiger partial charge in [-0.1, -0.05) is 31.2 Å². The van der Waals surface area contributed by atoms with E-state index in [0.29, 0.717) is 30.3 Å². The predicted molar refractivity (Wildman–Crippen MR) is 89.6 cm³/mol. The summed E-state index contributed by atoms with van der Waals surface area (Å²) in [6.07, 6.45) is 0. The van der Waals surface area contributed by atoms with Crippen molar-refractivity contribution in [1.82, 2.24) is 5.32 Å². The van der Waals surface area contributed by atoms with Gasteiger partial charge in [-0.15, -0.1) is 0 Å². The van der Waals surface area contributed by atoms with Crippen molar-refractivity contribution in [3.05, 3.63) is 54.1 Å². The molecule has 2 aromatic carbocycles. The minimum absolute atomic E-state index is 0.0400. The van der Waals surface area contributed by atoms with Crippen LogP contribution in [-0.4, -0.2) is 19.6 Å². The van der Waals surface area contributed by atoms with E-state index in [1.807, 2.05) is 48.5 Å². The van der Waals surface area contributed by atoms with E-state index < -0.39 is 0 Å². The van der Waals surface area contributed by atoms with E-state index in [1.165, 1.54) is 0 Å². The zero-order valence-electron chi connectivity index (χ0n) is 13.4. The quantitative estimate of drug-likeness (QED) is 0.824. The van der Waals surface area contributed by atoms with Gasteiger partial charge in [0.05, 0.1) is 7.11 Å². The molecule has 2 rings (SSSR count). The second-order valence-corrected chi connectivity index (χ2v) is 5.25. The average molecular weight is 314 g/mol. The highest BCUT2D eigenvalue weighted by Gasteiger charge is 2.10. The number of nitrogens with two attached hydrogens (primary N) is 1. The molecule has 2 aromatic rings. The van der Waals surface area contributed by atoms with Crippen molar-refractivity contribution in [1.29, 1.82) is 0 Å². The number of para-hydroxylation sites is 2. The number of benzene rings is 2. The molecule has 1 amide bonds. The molecule has 0 aromatic heterocycles. The Morgan fingerprint density at radius 3 is 2.39 bits per heavy atom. The molecule has 0 bridgehead atoms. The monoisotopic (exact) mass is 314 g/mol. The Morgan fingerprint density at radius 1 is 1.13 bits per heavy atom. The van der Waals surface area contributed by atoms with Crippen molar-refractivity contribution in [2.45, 2.75) is 13.5 Å². The Hall–Kier alpha value is -2.53. The Bertz CT molecular complexity index is 641. The molecule has 0 saturated carbocycles. The summed E-state index contributed by atoms with van der Waals surface area (Å²) in [4.78, 5) is 11.7. The summed E-state index contributed by atoms with van der Waals surface area (Å²) in [7, 11) is 1.61. The number of hydrogen-bond donors (Lipinski definition) is 2. The first-order chi connectivity index (χ1) is 11.1. The standard InChI is InChI=1S/C18H22N2O3/c1-13(11-19)18(21)20-12-14-7-9-15(10-8-14)23-17-6-4-3-5-16(17)22-2/h3-10,13H,11-12,19H2,1-2H3,(H,20,21). The number of carbonyl (C=O) groups excluding carboxylic acids is 1. The first kappa shape index (κ1) is 16.8. The molecule has 1 unspecified atom stereocenters. The molecular formula is C18H22N2O3. The smallest absolute Gasteiger partial charge is 0.224 e. The molecular weight excluding hydrogens is 292 g/mol. The van der Waals surface area contributed by atoms with Gasteiger partial charge >= 0.3 is 0 Å². The van der Waals surface area contributed by atoms with E-state index >= 15 is 0 Å². The minimum Gasteiger partial charge on any atom is -0.493 e. The number of nitrogens with one attached hydrogen (secondary N) is 1. The molecule has 0 saturated heterocycles. The van der Waals surface area contributed by atoms with Gasteiger partial charge < -0.3 is 20.5 Å². The lowest BCUT2D eigenvalue weighted by Crippen LogP contribution is -2.32. The largest absolute Gasteiger partial charge is 0.493 e. The van der Waals surface area contributed by atoms with E-state index in [2.05, 4.69) is 5.32 Å². The van der Waals surface area contributed by atoms with Gasteiger partial charge in [0, 0.05) is 19.0 Å². The Morgan fingerprint density at radius 2 is 1.78 bits per heavy atom. The summed E-state index contributed by atoms with van der Waals surface area (Å²) in [6.45, 7) is 2.62. The zero-order valence-corrected chi connectivity index (χ0v) is 13.4. The SMILES string of the molecule is COc1ccccc1Oc1ccc(CNC(=O)C(C)CN)cc1. The van der Waals surface area contributed by atoms with Gasteiger partial charge in [0.1, 0.15) is 5.75 Å². The lowest BCUT2D eigenvalue weighted by Gasteiger charge is -2.12. The number of ether oxygens (including phenoxy) is 2. The molecule has 5 heteroatoms. The number of methoxy groups -OCH3 is 1. The molecule has 1 atom stereocenters. The van der Waals surface area contributed by atoms with Crippen LogP contribution in [0, 0.1) is 5.92 Å². The van der Waals surface area contributed by atoms with Gasteiger partial charge in [0.15, 0.2) is 11.5 Å². The third-order valence-corrected chi connectivity index (χ3v) is 3.49. The van der Waals surface area contributed by atoms with Crippen LogP contribution < -0.4 is 20.5 Å². The molecule has 3 N–H and O–H groups in total. The maximum absolute atomic E-state index is 11.7. The van der Waals surface area contributed by atoms with E-state index in [-0.39, 0.29) is 11.8 Å².